The van der Waals surface area contributed by atoms with Gasteiger partial charge in [-0.3, -0.25) is 10.1 Å². The van der Waals surface area contributed by atoms with Crippen LogP contribution in [0.25, 0.3) is 5.57 Å². The van der Waals surface area contributed by atoms with E-state index in [1.807, 2.05) is 6.07 Å². The number of allylic oxidation sites excluding steroid dienone is 1. The van der Waals surface area contributed by atoms with Crippen molar-refractivity contribution in [3.05, 3.63) is 48.4 Å². The molecule has 0 bridgehead atoms. The number of rotatable bonds is 9. The number of hydrogen-bond donors (Lipinski definition) is 1. The van der Waals surface area contributed by atoms with Gasteiger partial charge in [0, 0.05) is 6.42 Å². The van der Waals surface area contributed by atoms with Crippen LogP contribution >= 0.6 is 9.24 Å². The number of aryl methyl sites for hydroxylation is 1. The van der Waals surface area contributed by atoms with E-state index in [9.17, 15) is 4.79 Å². The Balaban J connectivity index is 2.38. The molecule has 1 rings (SSSR count). The summed E-state index contributed by atoms with van der Waals surface area (Å²) in [5.41, 5.74) is 3.25. The van der Waals surface area contributed by atoms with Gasteiger partial charge < -0.3 is 4.74 Å². The second-order valence-electron chi connectivity index (χ2n) is 6.20. The van der Waals surface area contributed by atoms with Gasteiger partial charge in [0.25, 0.3) is 0 Å². The summed E-state index contributed by atoms with van der Waals surface area (Å²) in [6.45, 7) is 14.7. The van der Waals surface area contributed by atoms with E-state index in [-0.39, 0.29) is 5.91 Å². The number of carbonyl (C=O) groups excluding carboxylic acids is 1. The maximum Gasteiger partial charge on any atom is 0.226 e. The van der Waals surface area contributed by atoms with Gasteiger partial charge in [-0.05, 0) is 48.7 Å². The van der Waals surface area contributed by atoms with Crippen molar-refractivity contribution in [2.45, 2.75) is 40.0 Å². The fourth-order valence-corrected chi connectivity index (χ4v) is 2.64. The fourth-order valence-electron chi connectivity index (χ4n) is 2.08. The van der Waals surface area contributed by atoms with Crippen molar-refractivity contribution in [2.24, 2.45) is 5.92 Å². The normalized spacial score (nSPS) is 10.5. The molecular weight excluding hydrogens is 305 g/mol. The molecule has 0 heterocycles. The lowest BCUT2D eigenvalue weighted by Crippen LogP contribution is -2.23. The van der Waals surface area contributed by atoms with Crippen molar-refractivity contribution < 1.29 is 9.53 Å². The molecule has 0 spiro atoms. The van der Waals surface area contributed by atoms with Gasteiger partial charge in [0.05, 0.1) is 6.61 Å². The van der Waals surface area contributed by atoms with Crippen molar-refractivity contribution >= 4 is 26.0 Å². The van der Waals surface area contributed by atoms with Crippen LogP contribution < -0.4 is 10.6 Å². The predicted octanol–water partition coefficient (Wildman–Crippen LogP) is 3.94. The van der Waals surface area contributed by atoms with Crippen LogP contribution in [0.15, 0.2) is 37.2 Å². The summed E-state index contributed by atoms with van der Waals surface area (Å²) in [6.07, 6.45) is 1.91. The summed E-state index contributed by atoms with van der Waals surface area (Å²) in [7, 11) is 2.72. The first-order valence-corrected chi connectivity index (χ1v) is 8.53. The number of amides is 1. The van der Waals surface area contributed by atoms with Gasteiger partial charge in [0.15, 0.2) is 5.88 Å². The zero-order chi connectivity index (χ0) is 17.4. The highest BCUT2D eigenvalue weighted by atomic mass is 31.0. The summed E-state index contributed by atoms with van der Waals surface area (Å²) >= 11 is 0. The quantitative estimate of drug-likeness (QED) is 0.549. The Hall–Kier alpha value is -1.60. The summed E-state index contributed by atoms with van der Waals surface area (Å²) in [6, 6.07) is 6.19. The first-order valence-electron chi connectivity index (χ1n) is 7.95. The first kappa shape index (κ1) is 19.4. The Bertz CT molecular complexity index is 579. The number of ether oxygens (including phenoxy) is 1. The standard InChI is InChI=1S/C19H28NO2P/c1-13(2)10-11-22-16(5)20-19(21)9-7-15(4)17-8-6-14(3)12-18(17)23/h6,8,12-13H,4-5,7,9-11,23H2,1-3H3,(H,20,21). The second kappa shape index (κ2) is 9.52. The van der Waals surface area contributed by atoms with Gasteiger partial charge in [0.2, 0.25) is 5.91 Å². The molecule has 0 radical (unpaired) electrons. The van der Waals surface area contributed by atoms with E-state index in [1.165, 1.54) is 5.56 Å². The molecule has 0 fully saturated rings. The molecule has 1 amide bonds. The molecule has 1 aromatic rings. The highest BCUT2D eigenvalue weighted by Crippen LogP contribution is 2.18. The van der Waals surface area contributed by atoms with Gasteiger partial charge in [-0.2, -0.15) is 0 Å². The van der Waals surface area contributed by atoms with E-state index in [1.54, 1.807) is 0 Å². The molecule has 4 heteroatoms. The van der Waals surface area contributed by atoms with Crippen LogP contribution in [-0.4, -0.2) is 12.5 Å². The topological polar surface area (TPSA) is 38.3 Å². The van der Waals surface area contributed by atoms with Gasteiger partial charge >= 0.3 is 0 Å². The molecule has 0 aliphatic rings. The molecule has 0 aromatic heterocycles. The minimum Gasteiger partial charge on any atom is -0.479 e. The summed E-state index contributed by atoms with van der Waals surface area (Å²) in [5, 5.41) is 3.79. The Morgan fingerprint density at radius 2 is 2.00 bits per heavy atom. The Morgan fingerprint density at radius 1 is 1.30 bits per heavy atom. The first-order chi connectivity index (χ1) is 10.8. The van der Waals surface area contributed by atoms with Gasteiger partial charge in [-0.15, -0.1) is 9.24 Å². The van der Waals surface area contributed by atoms with Crippen molar-refractivity contribution in [2.75, 3.05) is 6.61 Å². The number of nitrogens with one attached hydrogen (secondary N) is 1. The molecule has 0 aliphatic carbocycles. The molecule has 0 saturated heterocycles. The van der Waals surface area contributed by atoms with Crippen molar-refractivity contribution in [3.8, 4) is 0 Å². The van der Waals surface area contributed by atoms with Crippen LogP contribution in [0.4, 0.5) is 0 Å². The molecule has 1 N–H and O–H groups in total. The minimum atomic E-state index is -0.0990. The third kappa shape index (κ3) is 7.47. The van der Waals surface area contributed by atoms with E-state index < -0.39 is 0 Å². The van der Waals surface area contributed by atoms with E-state index in [0.29, 0.717) is 31.2 Å². The number of benzene rings is 1. The third-order valence-corrected chi connectivity index (χ3v) is 3.97. The third-order valence-electron chi connectivity index (χ3n) is 3.49. The average molecular weight is 333 g/mol. The van der Waals surface area contributed by atoms with Gasteiger partial charge in [0.1, 0.15) is 0 Å². The van der Waals surface area contributed by atoms with Crippen LogP contribution in [-0.2, 0) is 9.53 Å². The molecule has 126 valence electrons. The molecule has 0 saturated carbocycles. The van der Waals surface area contributed by atoms with Crippen molar-refractivity contribution in [1.82, 2.24) is 5.32 Å². The lowest BCUT2D eigenvalue weighted by molar-refractivity contribution is -0.121. The fraction of sp³-hybridized carbons (Fsp3) is 0.421. The van der Waals surface area contributed by atoms with Gasteiger partial charge in [-0.25, -0.2) is 0 Å². The van der Waals surface area contributed by atoms with Crippen molar-refractivity contribution in [1.29, 1.82) is 0 Å². The molecule has 1 aromatic carbocycles. The maximum absolute atomic E-state index is 11.9. The molecule has 0 aliphatic heterocycles. The van der Waals surface area contributed by atoms with Crippen LogP contribution in [0.1, 0.15) is 44.2 Å². The van der Waals surface area contributed by atoms with Crippen LogP contribution in [0.2, 0.25) is 0 Å². The zero-order valence-corrected chi connectivity index (χ0v) is 15.6. The van der Waals surface area contributed by atoms with E-state index >= 15 is 0 Å². The predicted molar refractivity (Wildman–Crippen MR) is 101 cm³/mol. The maximum atomic E-state index is 11.9. The lowest BCUT2D eigenvalue weighted by Gasteiger charge is -2.13. The van der Waals surface area contributed by atoms with Crippen LogP contribution in [0, 0.1) is 12.8 Å². The monoisotopic (exact) mass is 333 g/mol. The Labute approximate surface area is 142 Å². The second-order valence-corrected chi connectivity index (χ2v) is 6.82. The summed E-state index contributed by atoms with van der Waals surface area (Å²) < 4.78 is 5.40. The van der Waals surface area contributed by atoms with Gasteiger partial charge in [-0.1, -0.05) is 44.2 Å². The van der Waals surface area contributed by atoms with Crippen LogP contribution in [0.5, 0.6) is 0 Å². The highest BCUT2D eigenvalue weighted by Gasteiger charge is 2.08. The number of carbonyl (C=O) groups is 1. The van der Waals surface area contributed by atoms with E-state index in [2.05, 4.69) is 60.6 Å². The minimum absolute atomic E-state index is 0.0990. The largest absolute Gasteiger partial charge is 0.479 e. The molecule has 1 unspecified atom stereocenters. The number of hydrogen-bond acceptors (Lipinski definition) is 2. The molecule has 23 heavy (non-hydrogen) atoms. The zero-order valence-electron chi connectivity index (χ0n) is 14.4. The smallest absolute Gasteiger partial charge is 0.226 e. The van der Waals surface area contributed by atoms with Crippen molar-refractivity contribution in [3.63, 3.8) is 0 Å². The Kier molecular flexibility index (Phi) is 8.05. The summed E-state index contributed by atoms with van der Waals surface area (Å²) in [5.74, 6) is 0.791. The van der Waals surface area contributed by atoms with Crippen LogP contribution in [0.3, 0.4) is 0 Å². The highest BCUT2D eigenvalue weighted by molar-refractivity contribution is 7.27. The molecule has 3 nitrogen and oxygen atoms in total. The SMILES string of the molecule is C=C(NC(=O)CCC(=C)c1ccc(C)cc1P)OCCC(C)C. The lowest BCUT2D eigenvalue weighted by atomic mass is 10.0. The summed E-state index contributed by atoms with van der Waals surface area (Å²) in [4.78, 5) is 11.9. The average Bonchev–Trinajstić information content (AvgIpc) is 2.44. The van der Waals surface area contributed by atoms with E-state index in [4.69, 9.17) is 4.74 Å². The van der Waals surface area contributed by atoms with E-state index in [0.717, 1.165) is 22.9 Å². The molecule has 1 atom stereocenters. The molecular formula is C19H28NO2P. The Morgan fingerprint density at radius 3 is 2.61 bits per heavy atom.